The van der Waals surface area contributed by atoms with Crippen molar-refractivity contribution in [2.75, 3.05) is 18.9 Å². The van der Waals surface area contributed by atoms with Gasteiger partial charge in [-0.25, -0.2) is 4.98 Å². The molecule has 0 saturated heterocycles. The number of aryl methyl sites for hydroxylation is 1. The minimum Gasteiger partial charge on any atom is -0.465 e. The highest BCUT2D eigenvalue weighted by Gasteiger charge is 2.19. The van der Waals surface area contributed by atoms with Gasteiger partial charge in [0.15, 0.2) is 4.34 Å². The Morgan fingerprint density at radius 2 is 2.26 bits per heavy atom. The minimum absolute atomic E-state index is 0.191. The maximum absolute atomic E-state index is 11.8. The number of carbonyl (C=O) groups excluding carboxylic acids is 1. The molecule has 1 aromatic heterocycles. The van der Waals surface area contributed by atoms with Gasteiger partial charge < -0.3 is 10.1 Å². The minimum atomic E-state index is -0.279. The van der Waals surface area contributed by atoms with Crippen LogP contribution in [0.3, 0.4) is 0 Å². The molecule has 0 radical (unpaired) electrons. The molecule has 0 aliphatic heterocycles. The van der Waals surface area contributed by atoms with Gasteiger partial charge in [-0.15, -0.1) is 0 Å². The fourth-order valence-corrected chi connectivity index (χ4v) is 3.13. The predicted octanol–water partition coefficient (Wildman–Crippen LogP) is 2.12. The van der Waals surface area contributed by atoms with Crippen molar-refractivity contribution in [2.24, 2.45) is 0 Å². The van der Waals surface area contributed by atoms with Gasteiger partial charge in [-0.3, -0.25) is 4.79 Å². The van der Waals surface area contributed by atoms with Crippen molar-refractivity contribution in [3.63, 3.8) is 0 Å². The third kappa shape index (κ3) is 5.88. The average Bonchev–Trinajstić information content (AvgIpc) is 2.87. The summed E-state index contributed by atoms with van der Waals surface area (Å²) in [5, 5.41) is 3.21. The maximum atomic E-state index is 11.8. The highest BCUT2D eigenvalue weighted by Crippen LogP contribution is 2.21. The van der Waals surface area contributed by atoms with E-state index < -0.39 is 0 Å². The second kappa shape index (κ2) is 9.28. The zero-order chi connectivity index (χ0) is 14.1. The van der Waals surface area contributed by atoms with Crippen LogP contribution in [0.2, 0.25) is 0 Å². The summed E-state index contributed by atoms with van der Waals surface area (Å²) in [6, 6.07) is -0.279. The molecule has 108 valence electrons. The first-order chi connectivity index (χ1) is 9.21. The number of hydrogen-bond acceptors (Lipinski definition) is 7. The summed E-state index contributed by atoms with van der Waals surface area (Å²) in [7, 11) is 0. The normalized spacial score (nSPS) is 12.4. The molecule has 0 aliphatic carbocycles. The highest BCUT2D eigenvalue weighted by atomic mass is 32.2. The summed E-state index contributed by atoms with van der Waals surface area (Å²) < 4.78 is 10.2. The second-order valence-corrected chi connectivity index (χ2v) is 5.92. The molecule has 0 spiro atoms. The first-order valence-electron chi connectivity index (χ1n) is 6.56. The van der Waals surface area contributed by atoms with Crippen molar-refractivity contribution in [3.8, 4) is 0 Å². The van der Waals surface area contributed by atoms with Crippen LogP contribution < -0.4 is 5.32 Å². The Kier molecular flexibility index (Phi) is 8.00. The number of ether oxygens (including phenoxy) is 1. The summed E-state index contributed by atoms with van der Waals surface area (Å²) in [4.78, 5) is 16.2. The standard InChI is InChI=1S/C12H21N3O2S2/c1-4-7-13-9(11(16)17-6-3)8-18-12-14-10(5-2)15-19-12/h9,13H,4-8H2,1-3H3. The summed E-state index contributed by atoms with van der Waals surface area (Å²) in [6.07, 6.45) is 1.83. The summed E-state index contributed by atoms with van der Waals surface area (Å²) in [6.45, 7) is 7.13. The van der Waals surface area contributed by atoms with Crippen LogP contribution in [0.4, 0.5) is 0 Å². The van der Waals surface area contributed by atoms with E-state index >= 15 is 0 Å². The van der Waals surface area contributed by atoms with E-state index in [2.05, 4.69) is 21.6 Å². The highest BCUT2D eigenvalue weighted by molar-refractivity contribution is 8.01. The number of carbonyl (C=O) groups is 1. The van der Waals surface area contributed by atoms with E-state index in [-0.39, 0.29) is 12.0 Å². The number of rotatable bonds is 9. The molecule has 0 saturated carbocycles. The Hall–Kier alpha value is -0.660. The Balaban J connectivity index is 2.49. The lowest BCUT2D eigenvalue weighted by Gasteiger charge is -2.15. The van der Waals surface area contributed by atoms with Crippen LogP contribution in [0, 0.1) is 0 Å². The molecule has 7 heteroatoms. The van der Waals surface area contributed by atoms with Crippen molar-refractivity contribution < 1.29 is 9.53 Å². The van der Waals surface area contributed by atoms with Crippen molar-refractivity contribution in [1.29, 1.82) is 0 Å². The zero-order valence-corrected chi connectivity index (χ0v) is 13.3. The molecule has 0 aromatic carbocycles. The van der Waals surface area contributed by atoms with Gasteiger partial charge in [0, 0.05) is 12.2 Å². The molecule has 1 atom stereocenters. The van der Waals surface area contributed by atoms with Gasteiger partial charge in [0.2, 0.25) is 0 Å². The van der Waals surface area contributed by atoms with Crippen LogP contribution in [-0.2, 0) is 16.0 Å². The van der Waals surface area contributed by atoms with Crippen LogP contribution in [0.1, 0.15) is 33.0 Å². The quantitative estimate of drug-likeness (QED) is 0.557. The topological polar surface area (TPSA) is 64.1 Å². The van der Waals surface area contributed by atoms with Gasteiger partial charge >= 0.3 is 5.97 Å². The molecule has 1 rings (SSSR count). The number of nitrogens with zero attached hydrogens (tertiary/aromatic N) is 2. The van der Waals surface area contributed by atoms with Crippen LogP contribution in [0.25, 0.3) is 0 Å². The molecule has 1 unspecified atom stereocenters. The van der Waals surface area contributed by atoms with Gasteiger partial charge in [0.25, 0.3) is 0 Å². The second-order valence-electron chi connectivity index (χ2n) is 3.90. The molecule has 0 bridgehead atoms. The van der Waals surface area contributed by atoms with E-state index in [0.29, 0.717) is 12.4 Å². The fourth-order valence-electron chi connectivity index (χ4n) is 1.37. The summed E-state index contributed by atoms with van der Waals surface area (Å²) in [5.41, 5.74) is 0. The molecule has 5 nitrogen and oxygen atoms in total. The molecule has 1 N–H and O–H groups in total. The van der Waals surface area contributed by atoms with E-state index in [1.807, 2.05) is 13.8 Å². The predicted molar refractivity (Wildman–Crippen MR) is 78.7 cm³/mol. The van der Waals surface area contributed by atoms with E-state index in [4.69, 9.17) is 4.74 Å². The number of nitrogens with one attached hydrogen (secondary N) is 1. The molecule has 0 fully saturated rings. The number of aromatic nitrogens is 2. The third-order valence-corrected chi connectivity index (χ3v) is 4.32. The molecular weight excluding hydrogens is 282 g/mol. The van der Waals surface area contributed by atoms with Gasteiger partial charge in [-0.05, 0) is 31.4 Å². The van der Waals surface area contributed by atoms with Crippen LogP contribution >= 0.6 is 23.3 Å². The van der Waals surface area contributed by atoms with Crippen molar-refractivity contribution >= 4 is 29.3 Å². The fraction of sp³-hybridized carbons (Fsp3) is 0.750. The first-order valence-corrected chi connectivity index (χ1v) is 8.32. The number of esters is 1. The van der Waals surface area contributed by atoms with Crippen LogP contribution in [0.5, 0.6) is 0 Å². The van der Waals surface area contributed by atoms with Crippen molar-refractivity contribution in [1.82, 2.24) is 14.7 Å². The lowest BCUT2D eigenvalue weighted by molar-refractivity contribution is -0.144. The van der Waals surface area contributed by atoms with Gasteiger partial charge in [0.1, 0.15) is 11.9 Å². The van der Waals surface area contributed by atoms with Gasteiger partial charge in [-0.1, -0.05) is 25.6 Å². The van der Waals surface area contributed by atoms with Crippen LogP contribution in [-0.4, -0.2) is 40.3 Å². The molecular formula is C12H21N3O2S2. The molecule has 0 amide bonds. The third-order valence-electron chi connectivity index (χ3n) is 2.35. The zero-order valence-electron chi connectivity index (χ0n) is 11.6. The SMILES string of the molecule is CCCNC(CSc1nc(CC)ns1)C(=O)OCC. The van der Waals surface area contributed by atoms with E-state index in [9.17, 15) is 4.79 Å². The average molecular weight is 303 g/mol. The largest absolute Gasteiger partial charge is 0.465 e. The Morgan fingerprint density at radius 1 is 1.47 bits per heavy atom. The molecule has 1 heterocycles. The Bertz CT molecular complexity index is 385. The Labute approximate surface area is 122 Å². The molecule has 0 aliphatic rings. The van der Waals surface area contributed by atoms with E-state index in [1.54, 1.807) is 11.8 Å². The molecule has 19 heavy (non-hydrogen) atoms. The van der Waals surface area contributed by atoms with E-state index in [1.165, 1.54) is 11.5 Å². The van der Waals surface area contributed by atoms with Gasteiger partial charge in [0.05, 0.1) is 6.61 Å². The van der Waals surface area contributed by atoms with Crippen molar-refractivity contribution in [3.05, 3.63) is 5.82 Å². The first kappa shape index (κ1) is 16.4. The van der Waals surface area contributed by atoms with Gasteiger partial charge in [-0.2, -0.15) is 4.37 Å². The lowest BCUT2D eigenvalue weighted by atomic mass is 10.3. The Morgan fingerprint density at radius 3 is 2.84 bits per heavy atom. The van der Waals surface area contributed by atoms with Crippen molar-refractivity contribution in [2.45, 2.75) is 44.0 Å². The number of hydrogen-bond donors (Lipinski definition) is 1. The van der Waals surface area contributed by atoms with Crippen LogP contribution in [0.15, 0.2) is 4.34 Å². The lowest BCUT2D eigenvalue weighted by Crippen LogP contribution is -2.40. The smallest absolute Gasteiger partial charge is 0.323 e. The number of thioether (sulfide) groups is 1. The van der Waals surface area contributed by atoms with E-state index in [0.717, 1.165) is 29.6 Å². The summed E-state index contributed by atoms with van der Waals surface area (Å²) in [5.74, 6) is 1.29. The summed E-state index contributed by atoms with van der Waals surface area (Å²) >= 11 is 2.94. The monoisotopic (exact) mass is 303 g/mol. The maximum Gasteiger partial charge on any atom is 0.323 e. The molecule has 1 aromatic rings.